The SMILES string of the molecule is O=C(O)C(=O)O.O=S(=O)(c1ccc2ccccc2c1)N1CCN(C2CCN(Cc3ccccc3)CC2)CC1. The predicted octanol–water partition coefficient (Wildman–Crippen LogP) is 2.97. The second-order valence-corrected chi connectivity index (χ2v) is 11.5. The van der Waals surface area contributed by atoms with Crippen molar-refractivity contribution in [2.45, 2.75) is 30.3 Å². The second kappa shape index (κ2) is 12.5. The maximum absolute atomic E-state index is 13.2. The number of piperidine rings is 1. The summed E-state index contributed by atoms with van der Waals surface area (Å²) in [5.41, 5.74) is 1.37. The zero-order valence-electron chi connectivity index (χ0n) is 21.1. The van der Waals surface area contributed by atoms with Gasteiger partial charge in [0.2, 0.25) is 10.0 Å². The lowest BCUT2D eigenvalue weighted by atomic mass is 10.0. The van der Waals surface area contributed by atoms with E-state index in [1.54, 1.807) is 16.4 Å². The molecule has 0 saturated carbocycles. The van der Waals surface area contributed by atoms with E-state index in [2.05, 4.69) is 40.1 Å². The van der Waals surface area contributed by atoms with Crippen LogP contribution in [0.1, 0.15) is 18.4 Å². The van der Waals surface area contributed by atoms with Gasteiger partial charge in [-0.25, -0.2) is 18.0 Å². The third kappa shape index (κ3) is 6.96. The molecule has 0 atom stereocenters. The number of nitrogens with zero attached hydrogens (tertiary/aromatic N) is 3. The summed E-state index contributed by atoms with van der Waals surface area (Å²) in [6.07, 6.45) is 2.31. The summed E-state index contributed by atoms with van der Waals surface area (Å²) in [7, 11) is -3.45. The Kier molecular flexibility index (Phi) is 9.11. The Morgan fingerprint density at radius 2 is 1.32 bits per heavy atom. The van der Waals surface area contributed by atoms with Crippen LogP contribution in [0.4, 0.5) is 0 Å². The summed E-state index contributed by atoms with van der Waals surface area (Å²) in [4.78, 5) is 23.6. The van der Waals surface area contributed by atoms with Crippen LogP contribution >= 0.6 is 0 Å². The largest absolute Gasteiger partial charge is 0.473 e. The van der Waals surface area contributed by atoms with Crippen molar-refractivity contribution in [2.75, 3.05) is 39.3 Å². The summed E-state index contributed by atoms with van der Waals surface area (Å²) in [5.74, 6) is -3.65. The maximum atomic E-state index is 13.2. The lowest BCUT2D eigenvalue weighted by molar-refractivity contribution is -0.159. The van der Waals surface area contributed by atoms with Crippen molar-refractivity contribution in [3.63, 3.8) is 0 Å². The van der Waals surface area contributed by atoms with E-state index in [0.29, 0.717) is 24.0 Å². The maximum Gasteiger partial charge on any atom is 0.414 e. The fraction of sp³-hybridized carbons (Fsp3) is 0.357. The number of hydrogen-bond donors (Lipinski definition) is 2. The third-order valence-corrected chi connectivity index (χ3v) is 9.03. The van der Waals surface area contributed by atoms with E-state index >= 15 is 0 Å². The van der Waals surface area contributed by atoms with Crippen LogP contribution in [0.25, 0.3) is 10.8 Å². The van der Waals surface area contributed by atoms with Gasteiger partial charge in [0, 0.05) is 38.8 Å². The lowest BCUT2D eigenvalue weighted by Gasteiger charge is -2.42. The van der Waals surface area contributed by atoms with Gasteiger partial charge in [0.1, 0.15) is 0 Å². The molecule has 3 aromatic carbocycles. The molecule has 0 bridgehead atoms. The summed E-state index contributed by atoms with van der Waals surface area (Å²) in [6.45, 7) is 6.00. The smallest absolute Gasteiger partial charge is 0.414 e. The van der Waals surface area contributed by atoms with Gasteiger partial charge >= 0.3 is 11.9 Å². The van der Waals surface area contributed by atoms with Crippen molar-refractivity contribution < 1.29 is 28.2 Å². The van der Waals surface area contributed by atoms with E-state index in [1.165, 1.54) is 5.56 Å². The van der Waals surface area contributed by atoms with Gasteiger partial charge in [0.15, 0.2) is 0 Å². The highest BCUT2D eigenvalue weighted by atomic mass is 32.2. The number of piperazine rings is 1. The van der Waals surface area contributed by atoms with Crippen LogP contribution in [0.5, 0.6) is 0 Å². The van der Waals surface area contributed by atoms with Crippen molar-refractivity contribution >= 4 is 32.7 Å². The number of benzene rings is 3. The normalized spacial score (nSPS) is 18.0. The molecular formula is C28H33N3O6S. The molecule has 0 amide bonds. The number of carbonyl (C=O) groups is 2. The molecule has 0 radical (unpaired) electrons. The molecule has 2 aliphatic rings. The zero-order valence-corrected chi connectivity index (χ0v) is 22.0. The molecule has 5 rings (SSSR count). The van der Waals surface area contributed by atoms with Crippen molar-refractivity contribution in [3.05, 3.63) is 78.4 Å². The molecule has 202 valence electrons. The Morgan fingerprint density at radius 1 is 0.737 bits per heavy atom. The highest BCUT2D eigenvalue weighted by molar-refractivity contribution is 7.89. The topological polar surface area (TPSA) is 118 Å². The fourth-order valence-corrected chi connectivity index (χ4v) is 6.53. The quantitative estimate of drug-likeness (QED) is 0.475. The molecule has 0 aliphatic carbocycles. The number of sulfonamides is 1. The second-order valence-electron chi connectivity index (χ2n) is 9.55. The number of rotatable bonds is 5. The van der Waals surface area contributed by atoms with Crippen molar-refractivity contribution in [3.8, 4) is 0 Å². The minimum absolute atomic E-state index is 0.402. The number of aliphatic carboxylic acids is 2. The molecule has 3 aromatic rings. The van der Waals surface area contributed by atoms with Crippen LogP contribution < -0.4 is 0 Å². The highest BCUT2D eigenvalue weighted by Crippen LogP contribution is 2.25. The first-order valence-corrected chi connectivity index (χ1v) is 14.1. The lowest BCUT2D eigenvalue weighted by Crippen LogP contribution is -2.54. The molecule has 38 heavy (non-hydrogen) atoms. The van der Waals surface area contributed by atoms with Gasteiger partial charge in [-0.1, -0.05) is 60.7 Å². The summed E-state index contributed by atoms with van der Waals surface area (Å²) in [6, 6.07) is 24.6. The Morgan fingerprint density at radius 3 is 1.92 bits per heavy atom. The van der Waals surface area contributed by atoms with Gasteiger partial charge in [-0.15, -0.1) is 0 Å². The number of carboxylic acid groups (broad SMARTS) is 2. The molecule has 2 heterocycles. The summed E-state index contributed by atoms with van der Waals surface area (Å²) >= 11 is 0. The van der Waals surface area contributed by atoms with E-state index in [-0.39, 0.29) is 0 Å². The fourth-order valence-electron chi connectivity index (χ4n) is 5.07. The first kappa shape index (κ1) is 27.7. The van der Waals surface area contributed by atoms with Crippen molar-refractivity contribution in [1.82, 2.24) is 14.1 Å². The van der Waals surface area contributed by atoms with Gasteiger partial charge in [-0.05, 0) is 54.4 Å². The first-order valence-electron chi connectivity index (χ1n) is 12.7. The monoisotopic (exact) mass is 539 g/mol. The van der Waals surface area contributed by atoms with E-state index in [9.17, 15) is 8.42 Å². The van der Waals surface area contributed by atoms with E-state index < -0.39 is 22.0 Å². The molecule has 9 nitrogen and oxygen atoms in total. The van der Waals surface area contributed by atoms with Crippen molar-refractivity contribution in [2.24, 2.45) is 0 Å². The first-order chi connectivity index (χ1) is 18.2. The zero-order chi connectivity index (χ0) is 27.1. The number of carboxylic acids is 2. The Bertz CT molecular complexity index is 1340. The van der Waals surface area contributed by atoms with Crippen LogP contribution in [0.2, 0.25) is 0 Å². The number of likely N-dealkylation sites (tertiary alicyclic amines) is 1. The standard InChI is InChI=1S/C26H31N3O2S.C2H2O4/c30-32(31,26-11-10-23-8-4-5-9-24(23)20-26)29-18-16-28(17-19-29)25-12-14-27(15-13-25)21-22-6-2-1-3-7-22;3-1(4)2(5)6/h1-11,20,25H,12-19,21H2;(H,3,4)(H,5,6). The van der Waals surface area contributed by atoms with Gasteiger partial charge in [-0.3, -0.25) is 9.80 Å². The van der Waals surface area contributed by atoms with E-state index in [4.69, 9.17) is 19.8 Å². The molecule has 2 fully saturated rings. The summed E-state index contributed by atoms with van der Waals surface area (Å²) in [5, 5.41) is 16.8. The minimum Gasteiger partial charge on any atom is -0.473 e. The number of fused-ring (bicyclic) bond motifs is 1. The van der Waals surface area contributed by atoms with Crippen LogP contribution in [0.15, 0.2) is 77.7 Å². The van der Waals surface area contributed by atoms with Crippen LogP contribution in [-0.2, 0) is 26.2 Å². The molecular weight excluding hydrogens is 506 g/mol. The van der Waals surface area contributed by atoms with Crippen molar-refractivity contribution in [1.29, 1.82) is 0 Å². The van der Waals surface area contributed by atoms with Gasteiger partial charge in [-0.2, -0.15) is 4.31 Å². The van der Waals surface area contributed by atoms with Gasteiger partial charge < -0.3 is 10.2 Å². The molecule has 0 unspecified atom stereocenters. The van der Waals surface area contributed by atoms with Crippen LogP contribution in [-0.4, -0.2) is 90.0 Å². The molecule has 0 aromatic heterocycles. The minimum atomic E-state index is -3.45. The highest BCUT2D eigenvalue weighted by Gasteiger charge is 2.32. The molecule has 10 heteroatoms. The molecule has 2 N–H and O–H groups in total. The van der Waals surface area contributed by atoms with Crippen LogP contribution in [0, 0.1) is 0 Å². The van der Waals surface area contributed by atoms with E-state index in [0.717, 1.165) is 56.3 Å². The Hall–Kier alpha value is -3.31. The number of hydrogen-bond acceptors (Lipinski definition) is 6. The van der Waals surface area contributed by atoms with Gasteiger partial charge in [0.05, 0.1) is 4.90 Å². The average molecular weight is 540 g/mol. The predicted molar refractivity (Wildman–Crippen MR) is 144 cm³/mol. The molecule has 2 saturated heterocycles. The average Bonchev–Trinajstić information content (AvgIpc) is 2.94. The third-order valence-electron chi connectivity index (χ3n) is 7.14. The summed E-state index contributed by atoms with van der Waals surface area (Å²) < 4.78 is 28.1. The van der Waals surface area contributed by atoms with Gasteiger partial charge in [0.25, 0.3) is 0 Å². The molecule has 2 aliphatic heterocycles. The molecule has 0 spiro atoms. The van der Waals surface area contributed by atoms with E-state index in [1.807, 2.05) is 30.3 Å². The van der Waals surface area contributed by atoms with Crippen LogP contribution in [0.3, 0.4) is 0 Å². The Balaban J connectivity index is 0.000000505. The Labute approximate surface area is 222 Å².